The third kappa shape index (κ3) is 3.65. The topological polar surface area (TPSA) is 38.7 Å². The Labute approximate surface area is 138 Å². The number of aliphatic hydroxyl groups excluding tert-OH is 1. The molecule has 3 nitrogen and oxygen atoms in total. The van der Waals surface area contributed by atoms with E-state index >= 15 is 0 Å². The molecule has 0 atom stereocenters. The minimum Gasteiger partial charge on any atom is -0.400 e. The van der Waals surface area contributed by atoms with Gasteiger partial charge in [0.05, 0.1) is 17.8 Å². The lowest BCUT2D eigenvalue weighted by Crippen LogP contribution is -2.41. The Morgan fingerprint density at radius 1 is 1.27 bits per heavy atom. The van der Waals surface area contributed by atoms with Crippen LogP contribution in [0, 0.1) is 0 Å². The summed E-state index contributed by atoms with van der Waals surface area (Å²) in [6.45, 7) is 10.3. The molecule has 1 aromatic heterocycles. The molecule has 2 rings (SSSR count). The second kappa shape index (κ2) is 6.87. The van der Waals surface area contributed by atoms with Gasteiger partial charge in [0.1, 0.15) is 0 Å². The number of thiophene rings is 1. The molecule has 1 aliphatic rings. The van der Waals surface area contributed by atoms with Crippen LogP contribution in [-0.4, -0.2) is 30.0 Å². The summed E-state index contributed by atoms with van der Waals surface area (Å²) in [4.78, 5) is 1.20. The lowest BCUT2D eigenvalue weighted by molar-refractivity contribution is 0.00578. The van der Waals surface area contributed by atoms with E-state index < -0.39 is 7.12 Å². The van der Waals surface area contributed by atoms with Crippen molar-refractivity contribution in [3.8, 4) is 0 Å². The fourth-order valence-electron chi connectivity index (χ4n) is 2.40. The Morgan fingerprint density at radius 2 is 1.91 bits per heavy atom. The van der Waals surface area contributed by atoms with E-state index in [4.69, 9.17) is 9.31 Å². The van der Waals surface area contributed by atoms with Crippen LogP contribution in [0.5, 0.6) is 0 Å². The van der Waals surface area contributed by atoms with Crippen molar-refractivity contribution in [2.75, 3.05) is 6.61 Å². The third-order valence-electron chi connectivity index (χ3n) is 4.64. The smallest absolute Gasteiger partial charge is 0.400 e. The fourth-order valence-corrected chi connectivity index (χ4v) is 3.32. The summed E-state index contributed by atoms with van der Waals surface area (Å²) in [7, 11) is -0.476. The molecular formula is C17H27BO3S. The molecule has 22 heavy (non-hydrogen) atoms. The fraction of sp³-hybridized carbons (Fsp3) is 0.647. The van der Waals surface area contributed by atoms with Crippen molar-refractivity contribution in [2.24, 2.45) is 0 Å². The van der Waals surface area contributed by atoms with Gasteiger partial charge in [-0.3, -0.25) is 0 Å². The highest BCUT2D eigenvalue weighted by Crippen LogP contribution is 2.39. The van der Waals surface area contributed by atoms with Crippen LogP contribution in [0.25, 0.3) is 6.08 Å². The molecule has 5 heteroatoms. The van der Waals surface area contributed by atoms with Crippen molar-refractivity contribution in [2.45, 2.75) is 65.1 Å². The maximum atomic E-state index is 9.77. The number of rotatable bonds is 6. The molecule has 0 radical (unpaired) electrons. The van der Waals surface area contributed by atoms with Crippen molar-refractivity contribution in [1.82, 2.24) is 0 Å². The number of aliphatic hydroxyl groups is 1. The lowest BCUT2D eigenvalue weighted by Gasteiger charge is -2.32. The zero-order chi connectivity index (χ0) is 16.4. The molecule has 2 heterocycles. The summed E-state index contributed by atoms with van der Waals surface area (Å²) in [5, 5.41) is 11.9. The van der Waals surface area contributed by atoms with E-state index in [2.05, 4.69) is 18.4 Å². The highest BCUT2D eigenvalue weighted by atomic mass is 32.1. The highest BCUT2D eigenvalue weighted by molar-refractivity contribution is 7.11. The Balaban J connectivity index is 2.21. The van der Waals surface area contributed by atoms with Crippen LogP contribution in [-0.2, 0) is 15.7 Å². The summed E-state index contributed by atoms with van der Waals surface area (Å²) < 4.78 is 12.1. The van der Waals surface area contributed by atoms with Crippen molar-refractivity contribution in [3.63, 3.8) is 0 Å². The van der Waals surface area contributed by atoms with E-state index in [1.54, 1.807) is 11.3 Å². The van der Waals surface area contributed by atoms with E-state index in [0.717, 1.165) is 11.9 Å². The Morgan fingerprint density at radius 3 is 2.45 bits per heavy atom. The molecule has 0 bridgehead atoms. The van der Waals surface area contributed by atoms with Gasteiger partial charge in [0.25, 0.3) is 0 Å². The molecule has 1 N–H and O–H groups in total. The van der Waals surface area contributed by atoms with Gasteiger partial charge in [-0.15, -0.1) is 11.3 Å². The van der Waals surface area contributed by atoms with Crippen molar-refractivity contribution in [3.05, 3.63) is 27.4 Å². The summed E-state index contributed by atoms with van der Waals surface area (Å²) in [5.41, 5.74) is 1.37. The Bertz CT molecular complexity index is 518. The van der Waals surface area contributed by atoms with Gasteiger partial charge in [-0.05, 0) is 69.1 Å². The zero-order valence-corrected chi connectivity index (χ0v) is 15.1. The van der Waals surface area contributed by atoms with Crippen LogP contribution in [0.2, 0.25) is 0 Å². The highest BCUT2D eigenvalue weighted by Gasteiger charge is 2.52. The van der Waals surface area contributed by atoms with E-state index in [9.17, 15) is 5.11 Å². The zero-order valence-electron chi connectivity index (χ0n) is 14.3. The van der Waals surface area contributed by atoms with Crippen molar-refractivity contribution in [1.29, 1.82) is 0 Å². The predicted molar refractivity (Wildman–Crippen MR) is 94.1 cm³/mol. The average Bonchev–Trinajstić information content (AvgIpc) is 2.95. The van der Waals surface area contributed by atoms with E-state index in [1.807, 2.05) is 33.8 Å². The second-order valence-electron chi connectivity index (χ2n) is 6.88. The van der Waals surface area contributed by atoms with Gasteiger partial charge < -0.3 is 14.4 Å². The summed E-state index contributed by atoms with van der Waals surface area (Å²) in [6, 6.07) is 2.17. The van der Waals surface area contributed by atoms with Crippen LogP contribution in [0.15, 0.2) is 16.9 Å². The molecule has 0 saturated carbocycles. The van der Waals surface area contributed by atoms with Crippen LogP contribution < -0.4 is 0 Å². The van der Waals surface area contributed by atoms with Gasteiger partial charge in [0.2, 0.25) is 0 Å². The third-order valence-corrected chi connectivity index (χ3v) is 5.54. The molecule has 1 fully saturated rings. The van der Waals surface area contributed by atoms with Crippen molar-refractivity contribution >= 4 is 24.5 Å². The van der Waals surface area contributed by atoms with Gasteiger partial charge >= 0.3 is 7.12 Å². The van der Waals surface area contributed by atoms with E-state index in [0.29, 0.717) is 0 Å². The molecule has 0 unspecified atom stereocenters. The van der Waals surface area contributed by atoms with Crippen LogP contribution in [0.3, 0.4) is 0 Å². The monoisotopic (exact) mass is 322 g/mol. The normalized spacial score (nSPS) is 20.6. The van der Waals surface area contributed by atoms with E-state index in [-0.39, 0.29) is 17.8 Å². The number of hydrogen-bond acceptors (Lipinski definition) is 4. The Hall–Kier alpha value is -0.615. The molecular weight excluding hydrogens is 295 g/mol. The SMILES string of the molecule is CCCCc1ccsc1C=C(CO)B1OC(C)(C)C(C)(C)O1. The van der Waals surface area contributed by atoms with Crippen LogP contribution in [0.4, 0.5) is 0 Å². The number of unbranched alkanes of at least 4 members (excludes halogenated alkanes) is 1. The number of hydrogen-bond donors (Lipinski definition) is 1. The summed E-state index contributed by atoms with van der Waals surface area (Å²) >= 11 is 1.70. The van der Waals surface area contributed by atoms with Gasteiger partial charge in [-0.25, -0.2) is 0 Å². The van der Waals surface area contributed by atoms with Crippen LogP contribution >= 0.6 is 11.3 Å². The standard InChI is InChI=1S/C17H27BO3S/c1-6-7-8-13-9-10-22-15(13)11-14(12-19)18-20-16(2,3)17(4,5)21-18/h9-11,19H,6-8,12H2,1-5H3. The van der Waals surface area contributed by atoms with Gasteiger partial charge in [-0.2, -0.15) is 0 Å². The minimum atomic E-state index is -0.476. The average molecular weight is 322 g/mol. The molecule has 1 aromatic rings. The second-order valence-corrected chi connectivity index (χ2v) is 7.83. The lowest BCUT2D eigenvalue weighted by atomic mass is 9.78. The first-order valence-corrected chi connectivity index (χ1v) is 8.92. The van der Waals surface area contributed by atoms with Crippen molar-refractivity contribution < 1.29 is 14.4 Å². The molecule has 1 saturated heterocycles. The minimum absolute atomic E-state index is 0.0536. The van der Waals surface area contributed by atoms with Gasteiger partial charge in [-0.1, -0.05) is 13.3 Å². The Kier molecular flexibility index (Phi) is 5.54. The maximum Gasteiger partial charge on any atom is 0.492 e. The predicted octanol–water partition coefficient (Wildman–Crippen LogP) is 4.10. The van der Waals surface area contributed by atoms with Crippen LogP contribution in [0.1, 0.15) is 57.9 Å². The van der Waals surface area contributed by atoms with Gasteiger partial charge in [0, 0.05) is 4.88 Å². The summed E-state index contributed by atoms with van der Waals surface area (Å²) in [6.07, 6.45) is 5.48. The first-order valence-electron chi connectivity index (χ1n) is 8.04. The summed E-state index contributed by atoms with van der Waals surface area (Å²) in [5.74, 6) is 0. The molecule has 0 aromatic carbocycles. The molecule has 0 amide bonds. The molecule has 0 aliphatic carbocycles. The largest absolute Gasteiger partial charge is 0.492 e. The molecule has 1 aliphatic heterocycles. The molecule has 0 spiro atoms. The van der Waals surface area contributed by atoms with Gasteiger partial charge in [0.15, 0.2) is 0 Å². The number of aryl methyl sites for hydroxylation is 1. The maximum absolute atomic E-state index is 9.77. The van der Waals surface area contributed by atoms with E-state index in [1.165, 1.54) is 23.3 Å². The molecule has 122 valence electrons. The first kappa shape index (κ1) is 17.7. The first-order chi connectivity index (χ1) is 10.3. The quantitative estimate of drug-likeness (QED) is 0.802.